The molecule has 8 heteroatoms. The van der Waals surface area contributed by atoms with Gasteiger partial charge in [-0.15, -0.1) is 0 Å². The van der Waals surface area contributed by atoms with Gasteiger partial charge in [-0.25, -0.2) is 9.37 Å². The molecule has 0 atom stereocenters. The molecule has 1 amide bonds. The Balaban J connectivity index is 1.93. The van der Waals surface area contributed by atoms with Gasteiger partial charge in [0.15, 0.2) is 5.65 Å². The summed E-state index contributed by atoms with van der Waals surface area (Å²) in [6.07, 6.45) is 1.60. The molecule has 0 saturated heterocycles. The number of methoxy groups -OCH3 is 1. The van der Waals surface area contributed by atoms with Crippen LogP contribution in [0.15, 0.2) is 35.4 Å². The SMILES string of the molecule is COCCNC(=O)CCn1cnc2c(c(C)c(C)n2-c2cccc(F)c2)c1=O. The molecule has 7 nitrogen and oxygen atoms in total. The Morgan fingerprint density at radius 2 is 2.11 bits per heavy atom. The highest BCUT2D eigenvalue weighted by molar-refractivity contribution is 5.83. The molecule has 0 fully saturated rings. The van der Waals surface area contributed by atoms with Gasteiger partial charge in [0.05, 0.1) is 24.0 Å². The largest absolute Gasteiger partial charge is 0.383 e. The molecule has 28 heavy (non-hydrogen) atoms. The molecule has 0 aliphatic heterocycles. The number of hydrogen-bond acceptors (Lipinski definition) is 4. The van der Waals surface area contributed by atoms with Gasteiger partial charge in [-0.1, -0.05) is 6.07 Å². The summed E-state index contributed by atoms with van der Waals surface area (Å²) in [5, 5.41) is 3.20. The summed E-state index contributed by atoms with van der Waals surface area (Å²) in [7, 11) is 1.56. The molecule has 1 aromatic carbocycles. The number of aryl methyl sites for hydroxylation is 2. The number of aromatic nitrogens is 3. The number of ether oxygens (including phenoxy) is 1. The summed E-state index contributed by atoms with van der Waals surface area (Å²) in [6.45, 7) is 4.80. The van der Waals surface area contributed by atoms with Crippen LogP contribution in [0, 0.1) is 19.7 Å². The van der Waals surface area contributed by atoms with Crippen molar-refractivity contribution in [1.29, 1.82) is 0 Å². The van der Waals surface area contributed by atoms with Crippen molar-refractivity contribution in [3.63, 3.8) is 0 Å². The standard InChI is InChI=1S/C20H23FN4O3/c1-13-14(2)25(16-6-4-5-15(21)11-16)19-18(13)20(27)24(12-23-19)9-7-17(26)22-8-10-28-3/h4-6,11-12H,7-10H2,1-3H3,(H,22,26). The normalized spacial score (nSPS) is 11.1. The number of benzene rings is 1. The minimum Gasteiger partial charge on any atom is -0.383 e. The van der Waals surface area contributed by atoms with Crippen LogP contribution in [0.25, 0.3) is 16.7 Å². The smallest absolute Gasteiger partial charge is 0.263 e. The molecule has 0 saturated carbocycles. The lowest BCUT2D eigenvalue weighted by Gasteiger charge is -2.09. The second-order valence-electron chi connectivity index (χ2n) is 6.56. The van der Waals surface area contributed by atoms with E-state index in [-0.39, 0.29) is 30.2 Å². The molecule has 2 aromatic heterocycles. The summed E-state index contributed by atoms with van der Waals surface area (Å²) < 4.78 is 21.8. The van der Waals surface area contributed by atoms with Crippen LogP contribution in [0.4, 0.5) is 4.39 Å². The summed E-state index contributed by atoms with van der Waals surface area (Å²) in [6, 6.07) is 6.17. The Morgan fingerprint density at radius 3 is 2.82 bits per heavy atom. The number of carbonyl (C=O) groups is 1. The highest BCUT2D eigenvalue weighted by atomic mass is 19.1. The predicted octanol–water partition coefficient (Wildman–Crippen LogP) is 2.10. The zero-order valence-corrected chi connectivity index (χ0v) is 16.2. The van der Waals surface area contributed by atoms with Crippen LogP contribution in [0.5, 0.6) is 0 Å². The molecule has 0 aliphatic rings. The fourth-order valence-electron chi connectivity index (χ4n) is 3.18. The van der Waals surface area contributed by atoms with E-state index in [2.05, 4.69) is 10.3 Å². The molecular weight excluding hydrogens is 363 g/mol. The topological polar surface area (TPSA) is 78.2 Å². The predicted molar refractivity (Wildman–Crippen MR) is 104 cm³/mol. The molecule has 0 radical (unpaired) electrons. The molecule has 1 N–H and O–H groups in total. The average molecular weight is 386 g/mol. The number of nitrogens with one attached hydrogen (secondary N) is 1. The minimum absolute atomic E-state index is 0.158. The fourth-order valence-corrected chi connectivity index (χ4v) is 3.18. The van der Waals surface area contributed by atoms with Gasteiger partial charge in [-0.05, 0) is 37.6 Å². The first-order valence-corrected chi connectivity index (χ1v) is 9.02. The minimum atomic E-state index is -0.357. The fraction of sp³-hybridized carbons (Fsp3) is 0.350. The van der Waals surface area contributed by atoms with Gasteiger partial charge in [-0.2, -0.15) is 0 Å². The Kier molecular flexibility index (Phi) is 5.89. The van der Waals surface area contributed by atoms with E-state index in [1.807, 2.05) is 13.8 Å². The first kappa shape index (κ1) is 19.8. The van der Waals surface area contributed by atoms with E-state index in [1.165, 1.54) is 23.0 Å². The Bertz CT molecular complexity index is 1070. The molecule has 3 aromatic rings. The second-order valence-corrected chi connectivity index (χ2v) is 6.56. The third-order valence-corrected chi connectivity index (χ3v) is 4.76. The highest BCUT2D eigenvalue weighted by Crippen LogP contribution is 2.25. The van der Waals surface area contributed by atoms with Crippen LogP contribution >= 0.6 is 0 Å². The van der Waals surface area contributed by atoms with Crippen molar-refractivity contribution in [2.24, 2.45) is 0 Å². The van der Waals surface area contributed by atoms with Gasteiger partial charge >= 0.3 is 0 Å². The lowest BCUT2D eigenvalue weighted by atomic mass is 10.2. The van der Waals surface area contributed by atoms with E-state index in [0.29, 0.717) is 29.9 Å². The second kappa shape index (κ2) is 8.35. The van der Waals surface area contributed by atoms with Crippen molar-refractivity contribution in [3.05, 3.63) is 58.0 Å². The van der Waals surface area contributed by atoms with E-state index < -0.39 is 0 Å². The molecule has 0 aliphatic carbocycles. The molecule has 148 valence electrons. The zero-order chi connectivity index (χ0) is 20.3. The summed E-state index contributed by atoms with van der Waals surface area (Å²) >= 11 is 0. The van der Waals surface area contributed by atoms with Crippen molar-refractivity contribution >= 4 is 16.9 Å². The Labute approximate surface area is 161 Å². The number of carbonyl (C=O) groups excluding carboxylic acids is 1. The molecule has 0 unspecified atom stereocenters. The van der Waals surface area contributed by atoms with Crippen molar-refractivity contribution in [2.45, 2.75) is 26.8 Å². The Morgan fingerprint density at radius 1 is 1.32 bits per heavy atom. The number of nitrogens with zero attached hydrogens (tertiary/aromatic N) is 3. The van der Waals surface area contributed by atoms with Crippen LogP contribution in [0.2, 0.25) is 0 Å². The van der Waals surface area contributed by atoms with E-state index in [0.717, 1.165) is 11.3 Å². The van der Waals surface area contributed by atoms with E-state index >= 15 is 0 Å². The number of halogens is 1. The maximum absolute atomic E-state index is 13.7. The summed E-state index contributed by atoms with van der Waals surface area (Å²) in [5.41, 5.74) is 2.48. The third-order valence-electron chi connectivity index (χ3n) is 4.76. The third kappa shape index (κ3) is 3.82. The van der Waals surface area contributed by atoms with Gasteiger partial charge in [-0.3, -0.25) is 18.7 Å². The van der Waals surface area contributed by atoms with E-state index in [1.54, 1.807) is 23.8 Å². The summed E-state index contributed by atoms with van der Waals surface area (Å²) in [4.78, 5) is 29.3. The van der Waals surface area contributed by atoms with E-state index in [9.17, 15) is 14.0 Å². The van der Waals surface area contributed by atoms with Crippen molar-refractivity contribution in [1.82, 2.24) is 19.4 Å². The first-order valence-electron chi connectivity index (χ1n) is 9.02. The van der Waals surface area contributed by atoms with Gasteiger partial charge in [0.25, 0.3) is 5.56 Å². The summed E-state index contributed by atoms with van der Waals surface area (Å²) in [5.74, 6) is -0.515. The quantitative estimate of drug-likeness (QED) is 0.631. The maximum Gasteiger partial charge on any atom is 0.263 e. The zero-order valence-electron chi connectivity index (χ0n) is 16.2. The maximum atomic E-state index is 13.7. The first-order chi connectivity index (χ1) is 13.4. The average Bonchev–Trinajstić information content (AvgIpc) is 2.92. The van der Waals surface area contributed by atoms with Gasteiger partial charge < -0.3 is 10.1 Å². The Hall–Kier alpha value is -3.00. The molecular formula is C20H23FN4O3. The van der Waals surface area contributed by atoms with Gasteiger partial charge in [0.2, 0.25) is 5.91 Å². The number of fused-ring (bicyclic) bond motifs is 1. The van der Waals surface area contributed by atoms with Crippen LogP contribution in [-0.2, 0) is 16.1 Å². The monoisotopic (exact) mass is 386 g/mol. The van der Waals surface area contributed by atoms with Crippen molar-refractivity contribution in [3.8, 4) is 5.69 Å². The van der Waals surface area contributed by atoms with Crippen molar-refractivity contribution < 1.29 is 13.9 Å². The van der Waals surface area contributed by atoms with E-state index in [4.69, 9.17) is 4.74 Å². The molecule has 0 bridgehead atoms. The van der Waals surface area contributed by atoms with Crippen LogP contribution in [0.3, 0.4) is 0 Å². The molecule has 3 rings (SSSR count). The number of amides is 1. The molecule has 0 spiro atoms. The lowest BCUT2D eigenvalue weighted by molar-refractivity contribution is -0.121. The van der Waals surface area contributed by atoms with Crippen LogP contribution in [0.1, 0.15) is 17.7 Å². The molecule has 2 heterocycles. The lowest BCUT2D eigenvalue weighted by Crippen LogP contribution is -2.29. The van der Waals surface area contributed by atoms with Gasteiger partial charge in [0, 0.05) is 32.3 Å². The number of hydrogen-bond donors (Lipinski definition) is 1. The van der Waals surface area contributed by atoms with Gasteiger partial charge in [0.1, 0.15) is 5.82 Å². The number of rotatable bonds is 7. The highest BCUT2D eigenvalue weighted by Gasteiger charge is 2.18. The van der Waals surface area contributed by atoms with Crippen LogP contribution in [-0.4, -0.2) is 40.3 Å². The van der Waals surface area contributed by atoms with Crippen molar-refractivity contribution in [2.75, 3.05) is 20.3 Å². The van der Waals surface area contributed by atoms with Crippen LogP contribution < -0.4 is 10.9 Å².